The highest BCUT2D eigenvalue weighted by atomic mass is 35.5. The largest absolute Gasteiger partial charge is 0.421 e. The maximum atomic E-state index is 13.7. The van der Waals surface area contributed by atoms with E-state index in [0.29, 0.717) is 141 Å². The Bertz CT molecular complexity index is 5450. The number of amides is 4. The fraction of sp³-hybridized carbons (Fsp3) is 0.569. The maximum Gasteiger partial charge on any atom is 0.421 e. The smallest absolute Gasteiger partial charge is 0.378 e. The number of morpholine rings is 2. The van der Waals surface area contributed by atoms with Crippen molar-refractivity contribution in [2.24, 2.45) is 0 Å². The molecule has 1 saturated carbocycles. The molecule has 144 heavy (non-hydrogen) atoms. The van der Waals surface area contributed by atoms with Crippen molar-refractivity contribution in [3.8, 4) is 0 Å². The number of benzene rings is 4. The molecule has 782 valence electrons. The number of carbonyl (C=O) groups excluding carboxylic acids is 4. The van der Waals surface area contributed by atoms with Gasteiger partial charge in [0.25, 0.3) is 0 Å². The molecule has 0 atom stereocenters. The van der Waals surface area contributed by atoms with Crippen LogP contribution in [0.5, 0.6) is 0 Å². The van der Waals surface area contributed by atoms with Crippen molar-refractivity contribution in [3.63, 3.8) is 0 Å². The molecule has 0 radical (unpaired) electrons. The molecule has 12 heterocycles. The summed E-state index contributed by atoms with van der Waals surface area (Å²) >= 11 is 19.0. The zero-order valence-corrected chi connectivity index (χ0v) is 86.2. The predicted molar refractivity (Wildman–Crippen MR) is 562 cm³/mol. The van der Waals surface area contributed by atoms with Crippen LogP contribution in [-0.2, 0) is 66.6 Å². The fourth-order valence-corrected chi connectivity index (χ4v) is 18.5. The molecule has 0 spiro atoms. The SMILES string of the molecule is CCN1CCN(c2ccc(Nc3ncc(C(F)(F)F)c(NCCCN4CCCOCC4=O)n3)c(C(C)C)c2)CC1.CCc1cc(N2CCN(C)CC2)ccc1Nc1ncc(Cl)c(NCCCN2CCCOCC2=O)n1.CCc1cc(N2CCOCC2)ccc1Nc1ncc(Cl)c(NCCCN2CCCOCC2=O)n1.O=C1COCCCN1CCCNc1nc(Nc2ccc(N3CCOCC3)cc2C2CC2)ncc1Cl. The lowest BCUT2D eigenvalue weighted by Gasteiger charge is -2.36. The molecule has 1 aliphatic carbocycles. The van der Waals surface area contributed by atoms with Gasteiger partial charge in [0.2, 0.25) is 47.4 Å². The third-order valence-electron chi connectivity index (χ3n) is 26.5. The minimum atomic E-state index is -4.61. The van der Waals surface area contributed by atoms with Crippen LogP contribution in [-0.4, -0.2) is 343 Å². The molecule has 9 fully saturated rings. The van der Waals surface area contributed by atoms with E-state index in [0.717, 1.165) is 229 Å². The van der Waals surface area contributed by atoms with Crippen LogP contribution in [0.2, 0.25) is 15.1 Å². The van der Waals surface area contributed by atoms with Crippen molar-refractivity contribution in [2.45, 2.75) is 130 Å². The van der Waals surface area contributed by atoms with Crippen LogP contribution in [0.15, 0.2) is 97.6 Å². The first-order chi connectivity index (χ1) is 70.0. The van der Waals surface area contributed by atoms with Crippen molar-refractivity contribution in [1.82, 2.24) is 69.3 Å². The van der Waals surface area contributed by atoms with Crippen molar-refractivity contribution in [1.29, 1.82) is 0 Å². The standard InChI is InChI=1S/C28H40F3N7O2.C25H36ClN7O2.C25H33ClN6O3.C24H33ClN6O3/c1-4-36-12-14-37(15-13-36)21-7-8-24(22(17-21)20(2)3)34-27-33-18-23(28(29,30)31)26(35-27)32-9-5-10-38-11-6-16-40-19-25(38)39;1-3-19-16-20(32-13-11-31(2)12-14-32)6-7-22(19)29-25-28-17-21(26)24(30-25)27-8-4-9-33-10-5-15-35-18-23(33)34;26-21-16-28-25(30-24(21)27-7-1-8-32-9-2-12-35-17-23(32)33)29-22-6-5-19(15-20(22)18-3-4-18)31-10-13-34-14-11-31;1-2-18-15-19(30-10-13-33-14-11-30)5-6-21(18)28-24-27-16-20(25)23(29-24)26-7-3-8-31-9-4-12-34-17-22(31)32/h7-8,17-18,20H,4-6,9-16,19H2,1-3H3,(H2,32,33,34,35);6-7,16-17H,3-5,8-15,18H2,1-2H3,(H2,27,28,29,30);5-6,15-16,18H,1-4,7-14,17H2,(H2,27,28,29,30);5-6,15-16H,2-4,7-14,17H2,1H3,(H2,26,27,28,29). The van der Waals surface area contributed by atoms with E-state index < -0.39 is 11.7 Å². The van der Waals surface area contributed by atoms with Gasteiger partial charge in [-0.3, -0.25) is 19.2 Å². The maximum absolute atomic E-state index is 13.7. The molecule has 4 aromatic heterocycles. The van der Waals surface area contributed by atoms with Gasteiger partial charge >= 0.3 is 6.18 Å². The van der Waals surface area contributed by atoms with Gasteiger partial charge in [-0.25, -0.2) is 19.9 Å². The van der Waals surface area contributed by atoms with Crippen LogP contribution in [0.1, 0.15) is 138 Å². The highest BCUT2D eigenvalue weighted by Gasteiger charge is 2.36. The summed E-state index contributed by atoms with van der Waals surface area (Å²) in [6, 6.07) is 25.7. The van der Waals surface area contributed by atoms with E-state index in [-0.39, 0.29) is 74.3 Å². The molecule has 42 heteroatoms. The van der Waals surface area contributed by atoms with E-state index in [4.69, 9.17) is 63.2 Å². The lowest BCUT2D eigenvalue weighted by Crippen LogP contribution is -2.46. The molecule has 4 amide bonds. The fourth-order valence-electron chi connectivity index (χ4n) is 18.0. The predicted octanol–water partition coefficient (Wildman–Crippen LogP) is 14.8. The molecular weight excluding hydrogens is 1910 g/mol. The first kappa shape index (κ1) is 109. The Balaban J connectivity index is 0.000000152. The molecule has 8 aromatic rings. The van der Waals surface area contributed by atoms with Gasteiger partial charge in [-0.1, -0.05) is 69.4 Å². The van der Waals surface area contributed by atoms with Crippen LogP contribution in [0.25, 0.3) is 0 Å². The number of anilines is 16. The number of alkyl halides is 3. The number of aryl methyl sites for hydroxylation is 2. The minimum absolute atomic E-state index is 0.0431. The molecule has 8 N–H and O–H groups in total. The van der Waals surface area contributed by atoms with Gasteiger partial charge in [-0.2, -0.15) is 33.1 Å². The number of ether oxygens (including phenoxy) is 6. The van der Waals surface area contributed by atoms with Gasteiger partial charge in [-0.15, -0.1) is 0 Å². The van der Waals surface area contributed by atoms with E-state index in [2.05, 4.69) is 214 Å². The van der Waals surface area contributed by atoms with Gasteiger partial charge in [-0.05, 0) is 198 Å². The molecular formula is C102H142Cl3F3N26O10. The summed E-state index contributed by atoms with van der Waals surface area (Å²) < 4.78 is 73.3. The Morgan fingerprint density at radius 1 is 0.389 bits per heavy atom. The summed E-state index contributed by atoms with van der Waals surface area (Å²) in [4.78, 5) is 105. The van der Waals surface area contributed by atoms with Gasteiger partial charge in [0.05, 0.1) is 45.0 Å². The molecule has 17 rings (SSSR count). The second-order valence-corrected chi connectivity index (χ2v) is 38.4. The van der Waals surface area contributed by atoms with Gasteiger partial charge in [0.1, 0.15) is 70.3 Å². The van der Waals surface area contributed by atoms with Crippen molar-refractivity contribution < 1.29 is 60.8 Å². The summed E-state index contributed by atoms with van der Waals surface area (Å²) in [5, 5.41) is 27.4. The Morgan fingerprint density at radius 2 is 0.722 bits per heavy atom. The number of aromatic nitrogens is 8. The summed E-state index contributed by atoms with van der Waals surface area (Å²) in [7, 11) is 2.17. The summed E-state index contributed by atoms with van der Waals surface area (Å²) in [6.45, 7) is 37.1. The molecule has 0 bridgehead atoms. The van der Waals surface area contributed by atoms with Crippen LogP contribution in [0, 0.1) is 0 Å². The van der Waals surface area contributed by atoms with Crippen LogP contribution in [0.3, 0.4) is 0 Å². The van der Waals surface area contributed by atoms with Crippen molar-refractivity contribution >= 4 is 151 Å². The normalized spacial score (nSPS) is 17.6. The number of nitrogens with zero attached hydrogens (tertiary/aromatic N) is 18. The summed E-state index contributed by atoms with van der Waals surface area (Å²) in [6.07, 6.45) is 11.5. The number of nitrogens with one attached hydrogen (secondary N) is 8. The van der Waals surface area contributed by atoms with Crippen molar-refractivity contribution in [3.05, 3.63) is 140 Å². The second kappa shape index (κ2) is 55.5. The number of likely N-dealkylation sites (N-methyl/N-ethyl adjacent to an activating group) is 2. The Morgan fingerprint density at radius 3 is 1.10 bits per heavy atom. The molecule has 8 saturated heterocycles. The van der Waals surface area contributed by atoms with Crippen LogP contribution >= 0.6 is 34.8 Å². The highest BCUT2D eigenvalue weighted by Crippen LogP contribution is 2.46. The van der Waals surface area contributed by atoms with Gasteiger partial charge < -0.3 is 120 Å². The van der Waals surface area contributed by atoms with Gasteiger partial charge in [0.15, 0.2) is 0 Å². The molecule has 9 aliphatic rings. The summed E-state index contributed by atoms with van der Waals surface area (Å²) in [5.41, 5.74) is 12.5. The van der Waals surface area contributed by atoms with Gasteiger partial charge in [0, 0.05) is 235 Å². The second-order valence-electron chi connectivity index (χ2n) is 37.2. The number of carbonyl (C=O) groups is 4. The highest BCUT2D eigenvalue weighted by molar-refractivity contribution is 6.33. The number of hydrogen-bond acceptors (Lipinski definition) is 32. The Kier molecular flexibility index (Phi) is 41.9. The van der Waals surface area contributed by atoms with E-state index in [1.807, 2.05) is 26.8 Å². The molecule has 8 aliphatic heterocycles. The molecule has 0 unspecified atom stereocenters. The third-order valence-corrected chi connectivity index (χ3v) is 27.4. The van der Waals surface area contributed by atoms with E-state index in [1.165, 1.54) is 46.6 Å². The number of halogens is 6. The monoisotopic (exact) mass is 2050 g/mol. The lowest BCUT2D eigenvalue weighted by molar-refractivity contribution is -0.137. The van der Waals surface area contributed by atoms with Crippen molar-refractivity contribution in [2.75, 3.05) is 312 Å². The average Bonchev–Trinajstić information content (AvgIpc) is 1.56. The number of rotatable bonds is 37. The van der Waals surface area contributed by atoms with Crippen LogP contribution < -0.4 is 62.1 Å². The number of hydrogen-bond donors (Lipinski definition) is 8. The van der Waals surface area contributed by atoms with E-state index >= 15 is 0 Å². The number of piperazine rings is 2. The lowest BCUT2D eigenvalue weighted by atomic mass is 9.99. The zero-order valence-electron chi connectivity index (χ0n) is 83.9. The topological polar surface area (TPSA) is 355 Å². The summed E-state index contributed by atoms with van der Waals surface area (Å²) in [5.74, 6) is 3.87. The van der Waals surface area contributed by atoms with Crippen LogP contribution in [0.4, 0.5) is 106 Å². The average molecular weight is 2060 g/mol. The Labute approximate surface area is 858 Å². The zero-order chi connectivity index (χ0) is 101. The quantitative estimate of drug-likeness (QED) is 0.0168. The first-order valence-corrected chi connectivity index (χ1v) is 52.2. The van der Waals surface area contributed by atoms with E-state index in [1.54, 1.807) is 23.5 Å². The molecule has 4 aromatic carbocycles. The molecule has 36 nitrogen and oxygen atoms in total. The first-order valence-electron chi connectivity index (χ1n) is 51.1. The Hall–Kier alpha value is -11.0. The minimum Gasteiger partial charge on any atom is -0.378 e. The van der Waals surface area contributed by atoms with E-state index in [9.17, 15) is 32.3 Å². The third kappa shape index (κ3) is 32.8.